The van der Waals surface area contributed by atoms with Gasteiger partial charge in [-0.25, -0.2) is 9.67 Å². The zero-order valence-electron chi connectivity index (χ0n) is 17.8. The highest BCUT2D eigenvalue weighted by atomic mass is 127. The second-order valence-electron chi connectivity index (χ2n) is 7.05. The summed E-state index contributed by atoms with van der Waals surface area (Å²) in [4.78, 5) is 13.1. The molecule has 0 aliphatic carbocycles. The van der Waals surface area contributed by atoms with Gasteiger partial charge in [0.1, 0.15) is 18.4 Å². The van der Waals surface area contributed by atoms with Gasteiger partial charge >= 0.3 is 0 Å². The van der Waals surface area contributed by atoms with E-state index in [9.17, 15) is 0 Å². The summed E-state index contributed by atoms with van der Waals surface area (Å²) >= 11 is 0. The predicted molar refractivity (Wildman–Crippen MR) is 134 cm³/mol. The minimum Gasteiger partial charge on any atom is -0.495 e. The van der Waals surface area contributed by atoms with Crippen molar-refractivity contribution in [2.75, 3.05) is 45.2 Å². The van der Waals surface area contributed by atoms with E-state index in [4.69, 9.17) is 4.74 Å². The van der Waals surface area contributed by atoms with Crippen molar-refractivity contribution in [2.24, 2.45) is 4.99 Å². The van der Waals surface area contributed by atoms with Crippen molar-refractivity contribution in [1.82, 2.24) is 25.0 Å². The van der Waals surface area contributed by atoms with Gasteiger partial charge in [0.15, 0.2) is 5.96 Å². The molecule has 3 aromatic rings. The summed E-state index contributed by atoms with van der Waals surface area (Å²) < 4.78 is 7.26. The number of nitrogens with one attached hydrogen (secondary N) is 1. The number of halogens is 1. The van der Waals surface area contributed by atoms with Gasteiger partial charge in [0.05, 0.1) is 18.5 Å². The molecule has 1 aromatic heterocycles. The van der Waals surface area contributed by atoms with Crippen molar-refractivity contribution in [3.05, 3.63) is 66.7 Å². The van der Waals surface area contributed by atoms with E-state index in [0.717, 1.165) is 55.8 Å². The molecule has 0 saturated carbocycles. The number of benzene rings is 2. The third kappa shape index (κ3) is 5.46. The molecular formula is C22H28IN7O. The number of hydrogen-bond acceptors (Lipinski definition) is 5. The molecule has 0 amide bonds. The van der Waals surface area contributed by atoms with Gasteiger partial charge in [0, 0.05) is 39.8 Å². The summed E-state index contributed by atoms with van der Waals surface area (Å²) in [6, 6.07) is 16.5. The van der Waals surface area contributed by atoms with Crippen LogP contribution in [0.1, 0.15) is 5.56 Å². The van der Waals surface area contributed by atoms with Crippen LogP contribution in [0.15, 0.2) is 66.2 Å². The Hall–Kier alpha value is -2.82. The van der Waals surface area contributed by atoms with Crippen LogP contribution in [0.4, 0.5) is 5.69 Å². The topological polar surface area (TPSA) is 70.8 Å². The first-order chi connectivity index (χ1) is 14.8. The molecule has 164 valence electrons. The number of para-hydroxylation sites is 2. The number of hydrogen-bond donors (Lipinski definition) is 1. The molecular weight excluding hydrogens is 505 g/mol. The molecule has 1 aliphatic rings. The molecule has 0 unspecified atom stereocenters. The maximum absolute atomic E-state index is 5.51. The average Bonchev–Trinajstić information content (AvgIpc) is 3.35. The van der Waals surface area contributed by atoms with Gasteiger partial charge < -0.3 is 19.9 Å². The summed E-state index contributed by atoms with van der Waals surface area (Å²) in [6.45, 7) is 4.38. The Morgan fingerprint density at radius 3 is 2.45 bits per heavy atom. The van der Waals surface area contributed by atoms with Crippen molar-refractivity contribution in [2.45, 2.75) is 6.54 Å². The maximum Gasteiger partial charge on any atom is 0.194 e. The first kappa shape index (κ1) is 22.9. The van der Waals surface area contributed by atoms with Gasteiger partial charge in [-0.15, -0.1) is 24.0 Å². The molecule has 0 bridgehead atoms. The zero-order chi connectivity index (χ0) is 20.8. The number of anilines is 1. The minimum absolute atomic E-state index is 0. The smallest absolute Gasteiger partial charge is 0.194 e. The monoisotopic (exact) mass is 533 g/mol. The summed E-state index contributed by atoms with van der Waals surface area (Å²) in [5.74, 6) is 1.85. The Morgan fingerprint density at radius 1 is 1.06 bits per heavy atom. The van der Waals surface area contributed by atoms with Crippen LogP contribution >= 0.6 is 24.0 Å². The largest absolute Gasteiger partial charge is 0.495 e. The summed E-state index contributed by atoms with van der Waals surface area (Å²) in [6.07, 6.45) is 3.23. The van der Waals surface area contributed by atoms with Crippen LogP contribution < -0.4 is 15.0 Å². The lowest BCUT2D eigenvalue weighted by molar-refractivity contribution is 0.367. The number of piperazine rings is 1. The lowest BCUT2D eigenvalue weighted by Crippen LogP contribution is -2.52. The molecule has 9 heteroatoms. The van der Waals surface area contributed by atoms with E-state index in [-0.39, 0.29) is 24.0 Å². The van der Waals surface area contributed by atoms with E-state index in [0.29, 0.717) is 0 Å². The lowest BCUT2D eigenvalue weighted by Gasteiger charge is -2.38. The van der Waals surface area contributed by atoms with Crippen LogP contribution in [-0.2, 0) is 6.54 Å². The highest BCUT2D eigenvalue weighted by Crippen LogP contribution is 2.28. The molecule has 2 aromatic carbocycles. The normalized spacial score (nSPS) is 14.2. The van der Waals surface area contributed by atoms with Crippen molar-refractivity contribution in [1.29, 1.82) is 0 Å². The fourth-order valence-electron chi connectivity index (χ4n) is 3.67. The molecule has 2 heterocycles. The second kappa shape index (κ2) is 11.0. The van der Waals surface area contributed by atoms with Crippen molar-refractivity contribution in [3.8, 4) is 11.4 Å². The van der Waals surface area contributed by atoms with Gasteiger partial charge in [-0.2, -0.15) is 5.10 Å². The molecule has 4 rings (SSSR count). The van der Waals surface area contributed by atoms with E-state index in [1.165, 1.54) is 11.9 Å². The van der Waals surface area contributed by atoms with Crippen molar-refractivity contribution in [3.63, 3.8) is 0 Å². The lowest BCUT2D eigenvalue weighted by atomic mass is 10.2. The van der Waals surface area contributed by atoms with Crippen LogP contribution in [0.2, 0.25) is 0 Å². The van der Waals surface area contributed by atoms with Gasteiger partial charge in [-0.3, -0.25) is 4.99 Å². The molecule has 0 radical (unpaired) electrons. The van der Waals surface area contributed by atoms with Gasteiger partial charge in [0.25, 0.3) is 0 Å². The average molecular weight is 533 g/mol. The SMILES string of the molecule is CN=C(NCc1ccc(-n2cncn2)cc1)N1CCN(c2ccccc2OC)CC1.I. The van der Waals surface area contributed by atoms with Crippen LogP contribution in [-0.4, -0.2) is 66.0 Å². The van der Waals surface area contributed by atoms with Crippen LogP contribution in [0.25, 0.3) is 5.69 Å². The number of methoxy groups -OCH3 is 1. The zero-order valence-corrected chi connectivity index (χ0v) is 20.1. The third-order valence-corrected chi connectivity index (χ3v) is 5.29. The molecule has 1 fully saturated rings. The number of aromatic nitrogens is 3. The summed E-state index contributed by atoms with van der Waals surface area (Å²) in [5, 5.41) is 7.64. The Balaban J connectivity index is 0.00000272. The second-order valence-corrected chi connectivity index (χ2v) is 7.05. The molecule has 31 heavy (non-hydrogen) atoms. The summed E-state index contributed by atoms with van der Waals surface area (Å²) in [7, 11) is 3.56. The third-order valence-electron chi connectivity index (χ3n) is 5.29. The molecule has 0 atom stereocenters. The Bertz CT molecular complexity index is 968. The van der Waals surface area contributed by atoms with E-state index in [1.54, 1.807) is 18.1 Å². The van der Waals surface area contributed by atoms with Gasteiger partial charge in [0.2, 0.25) is 0 Å². The quantitative estimate of drug-likeness (QED) is 0.309. The first-order valence-electron chi connectivity index (χ1n) is 10.1. The molecule has 1 aliphatic heterocycles. The molecule has 1 N–H and O–H groups in total. The minimum atomic E-state index is 0. The standard InChI is InChI=1S/C22H27N7O.HI/c1-23-22(25-15-18-7-9-19(10-8-18)29-17-24-16-26-29)28-13-11-27(12-14-28)20-5-3-4-6-21(20)30-2;/h3-10,16-17H,11-15H2,1-2H3,(H,23,25);1H. The Kier molecular flexibility index (Phi) is 8.10. The van der Waals surface area contributed by atoms with Gasteiger partial charge in [-0.1, -0.05) is 24.3 Å². The first-order valence-corrected chi connectivity index (χ1v) is 10.1. The van der Waals surface area contributed by atoms with Crippen LogP contribution in [0, 0.1) is 0 Å². The fourth-order valence-corrected chi connectivity index (χ4v) is 3.67. The predicted octanol–water partition coefficient (Wildman–Crippen LogP) is 2.79. The number of rotatable bonds is 5. The molecule has 8 nitrogen and oxygen atoms in total. The number of nitrogens with zero attached hydrogens (tertiary/aromatic N) is 6. The molecule has 0 spiro atoms. The Labute approximate surface area is 200 Å². The summed E-state index contributed by atoms with van der Waals surface area (Å²) in [5.41, 5.74) is 3.33. The van der Waals surface area contributed by atoms with E-state index in [1.807, 2.05) is 31.3 Å². The van der Waals surface area contributed by atoms with E-state index >= 15 is 0 Å². The fraction of sp³-hybridized carbons (Fsp3) is 0.318. The number of guanidine groups is 1. The van der Waals surface area contributed by atoms with Crippen LogP contribution in [0.3, 0.4) is 0 Å². The highest BCUT2D eigenvalue weighted by Gasteiger charge is 2.21. The van der Waals surface area contributed by atoms with E-state index in [2.05, 4.69) is 54.5 Å². The van der Waals surface area contributed by atoms with E-state index < -0.39 is 0 Å². The highest BCUT2D eigenvalue weighted by molar-refractivity contribution is 14.0. The van der Waals surface area contributed by atoms with Crippen molar-refractivity contribution >= 4 is 35.6 Å². The number of aliphatic imine (C=N–C) groups is 1. The van der Waals surface area contributed by atoms with Gasteiger partial charge in [-0.05, 0) is 29.8 Å². The molecule has 1 saturated heterocycles. The number of ether oxygens (including phenoxy) is 1. The Morgan fingerprint density at radius 2 is 1.81 bits per heavy atom. The maximum atomic E-state index is 5.51. The van der Waals surface area contributed by atoms with Crippen molar-refractivity contribution < 1.29 is 4.74 Å². The van der Waals surface area contributed by atoms with Crippen LogP contribution in [0.5, 0.6) is 5.75 Å².